The minimum atomic E-state index is -0.303. The summed E-state index contributed by atoms with van der Waals surface area (Å²) in [6.07, 6.45) is 3.04. The van der Waals surface area contributed by atoms with Crippen LogP contribution in [0.2, 0.25) is 0 Å². The minimum absolute atomic E-state index is 0.134. The van der Waals surface area contributed by atoms with Crippen molar-refractivity contribution in [3.8, 4) is 0 Å². The predicted octanol–water partition coefficient (Wildman–Crippen LogP) is 0.0483. The molecule has 1 N–H and O–H groups in total. The number of carbonyl (C=O) groups excluding carboxylic acids is 1. The Hall–Kier alpha value is -2.21. The number of pyridine rings is 1. The summed E-state index contributed by atoms with van der Waals surface area (Å²) in [5.74, 6) is -0.236. The second-order valence-electron chi connectivity index (χ2n) is 4.90. The molecule has 0 atom stereocenters. The van der Waals surface area contributed by atoms with Gasteiger partial charge in [0.15, 0.2) is 0 Å². The van der Waals surface area contributed by atoms with Crippen LogP contribution >= 0.6 is 0 Å². The van der Waals surface area contributed by atoms with Gasteiger partial charge < -0.3 is 10.2 Å². The zero-order valence-corrected chi connectivity index (χ0v) is 11.3. The highest BCUT2D eigenvalue weighted by Crippen LogP contribution is 2.06. The zero-order chi connectivity index (χ0) is 14.1. The molecule has 6 heteroatoms. The van der Waals surface area contributed by atoms with Gasteiger partial charge in [-0.2, -0.15) is 0 Å². The monoisotopic (exact) mass is 272 g/mol. The molecule has 2 aromatic rings. The van der Waals surface area contributed by atoms with Gasteiger partial charge in [-0.25, -0.2) is 4.98 Å². The zero-order valence-electron chi connectivity index (χ0n) is 11.3. The summed E-state index contributed by atoms with van der Waals surface area (Å²) in [4.78, 5) is 30.8. The molecule has 0 aromatic carbocycles. The van der Waals surface area contributed by atoms with Crippen LogP contribution in [0.3, 0.4) is 0 Å². The Bertz CT molecular complexity index is 717. The number of fused-ring (bicyclic) bond motifs is 1. The normalized spacial score (nSPS) is 15.6. The van der Waals surface area contributed by atoms with E-state index in [1.807, 2.05) is 13.0 Å². The Balaban J connectivity index is 2.06. The quantitative estimate of drug-likeness (QED) is 0.796. The summed E-state index contributed by atoms with van der Waals surface area (Å²) in [6.45, 7) is 4.64. The third-order valence-corrected chi connectivity index (χ3v) is 3.56. The number of nitrogens with one attached hydrogen (secondary N) is 1. The number of hydrogen-bond acceptors (Lipinski definition) is 4. The van der Waals surface area contributed by atoms with Gasteiger partial charge in [0.2, 0.25) is 0 Å². The van der Waals surface area contributed by atoms with Crippen LogP contribution in [-0.4, -0.2) is 46.4 Å². The van der Waals surface area contributed by atoms with E-state index >= 15 is 0 Å². The molecule has 0 spiro atoms. The number of aromatic nitrogens is 2. The summed E-state index contributed by atoms with van der Waals surface area (Å²) in [5.41, 5.74) is 1.33. The Morgan fingerprint density at radius 2 is 2.10 bits per heavy atom. The van der Waals surface area contributed by atoms with E-state index in [2.05, 4.69) is 10.3 Å². The van der Waals surface area contributed by atoms with Crippen LogP contribution in [0.25, 0.3) is 5.65 Å². The van der Waals surface area contributed by atoms with Gasteiger partial charge in [0.25, 0.3) is 11.5 Å². The van der Waals surface area contributed by atoms with E-state index in [9.17, 15) is 9.59 Å². The lowest BCUT2D eigenvalue weighted by atomic mass is 10.2. The first-order valence-electron chi connectivity index (χ1n) is 6.65. The van der Waals surface area contributed by atoms with Crippen molar-refractivity contribution in [2.45, 2.75) is 6.92 Å². The number of aryl methyl sites for hydroxylation is 1. The van der Waals surface area contributed by atoms with Gasteiger partial charge in [-0.3, -0.25) is 14.0 Å². The predicted molar refractivity (Wildman–Crippen MR) is 75.0 cm³/mol. The molecule has 104 valence electrons. The lowest BCUT2D eigenvalue weighted by Crippen LogP contribution is -2.47. The molecule has 1 fully saturated rings. The average Bonchev–Trinajstić information content (AvgIpc) is 2.49. The van der Waals surface area contributed by atoms with Crippen molar-refractivity contribution in [2.75, 3.05) is 26.2 Å². The van der Waals surface area contributed by atoms with Crippen molar-refractivity contribution in [1.82, 2.24) is 19.6 Å². The van der Waals surface area contributed by atoms with Crippen molar-refractivity contribution in [1.29, 1.82) is 0 Å². The van der Waals surface area contributed by atoms with Crippen molar-refractivity contribution in [3.05, 3.63) is 46.0 Å². The summed E-state index contributed by atoms with van der Waals surface area (Å²) in [7, 11) is 0. The number of amides is 1. The maximum atomic E-state index is 12.4. The van der Waals surface area contributed by atoms with Gasteiger partial charge in [-0.15, -0.1) is 0 Å². The summed E-state index contributed by atoms with van der Waals surface area (Å²) < 4.78 is 1.44. The Morgan fingerprint density at radius 3 is 2.85 bits per heavy atom. The second-order valence-corrected chi connectivity index (χ2v) is 4.90. The first-order valence-corrected chi connectivity index (χ1v) is 6.65. The van der Waals surface area contributed by atoms with Crippen LogP contribution in [-0.2, 0) is 0 Å². The third-order valence-electron chi connectivity index (χ3n) is 3.56. The van der Waals surface area contributed by atoms with E-state index < -0.39 is 0 Å². The first kappa shape index (κ1) is 12.8. The van der Waals surface area contributed by atoms with E-state index in [1.54, 1.807) is 17.2 Å². The molecular weight excluding hydrogens is 256 g/mol. The molecule has 3 rings (SSSR count). The molecule has 3 heterocycles. The molecule has 6 nitrogen and oxygen atoms in total. The molecule has 0 saturated carbocycles. The van der Waals surface area contributed by atoms with E-state index in [0.29, 0.717) is 18.7 Å². The highest BCUT2D eigenvalue weighted by atomic mass is 16.2. The van der Waals surface area contributed by atoms with Gasteiger partial charge in [0, 0.05) is 38.6 Å². The van der Waals surface area contributed by atoms with Crippen LogP contribution in [0.1, 0.15) is 15.9 Å². The van der Waals surface area contributed by atoms with Crippen LogP contribution in [0.4, 0.5) is 0 Å². The molecular formula is C14H16N4O2. The summed E-state index contributed by atoms with van der Waals surface area (Å²) in [5, 5.41) is 3.18. The van der Waals surface area contributed by atoms with Crippen LogP contribution in [0.15, 0.2) is 29.3 Å². The van der Waals surface area contributed by atoms with Gasteiger partial charge in [-0.1, -0.05) is 6.07 Å². The number of hydrogen-bond donors (Lipinski definition) is 1. The molecule has 0 radical (unpaired) electrons. The van der Waals surface area contributed by atoms with Gasteiger partial charge in [-0.05, 0) is 18.6 Å². The second kappa shape index (κ2) is 5.05. The average molecular weight is 272 g/mol. The fourth-order valence-electron chi connectivity index (χ4n) is 2.43. The minimum Gasteiger partial charge on any atom is -0.336 e. The van der Waals surface area contributed by atoms with Crippen molar-refractivity contribution < 1.29 is 4.79 Å². The van der Waals surface area contributed by atoms with Gasteiger partial charge in [0.1, 0.15) is 11.2 Å². The number of rotatable bonds is 1. The molecule has 20 heavy (non-hydrogen) atoms. The Kier molecular flexibility index (Phi) is 3.23. The van der Waals surface area contributed by atoms with Gasteiger partial charge in [0.05, 0.1) is 0 Å². The van der Waals surface area contributed by atoms with Crippen molar-refractivity contribution in [3.63, 3.8) is 0 Å². The van der Waals surface area contributed by atoms with Crippen molar-refractivity contribution >= 4 is 11.6 Å². The molecule has 0 unspecified atom stereocenters. The lowest BCUT2D eigenvalue weighted by molar-refractivity contribution is 0.0733. The summed E-state index contributed by atoms with van der Waals surface area (Å²) >= 11 is 0. The van der Waals surface area contributed by atoms with E-state index in [0.717, 1.165) is 18.7 Å². The number of carbonyl (C=O) groups is 1. The van der Waals surface area contributed by atoms with Crippen molar-refractivity contribution in [2.24, 2.45) is 0 Å². The third kappa shape index (κ3) is 2.08. The fourth-order valence-corrected chi connectivity index (χ4v) is 2.43. The van der Waals surface area contributed by atoms with Gasteiger partial charge >= 0.3 is 0 Å². The Morgan fingerprint density at radius 1 is 1.35 bits per heavy atom. The summed E-state index contributed by atoms with van der Waals surface area (Å²) in [6, 6.07) is 3.67. The maximum Gasteiger partial charge on any atom is 0.270 e. The molecule has 2 aromatic heterocycles. The lowest BCUT2D eigenvalue weighted by Gasteiger charge is -2.27. The molecule has 1 amide bonds. The van der Waals surface area contributed by atoms with E-state index in [-0.39, 0.29) is 17.0 Å². The van der Waals surface area contributed by atoms with E-state index in [1.165, 1.54) is 10.6 Å². The molecule has 1 aliphatic heterocycles. The largest absolute Gasteiger partial charge is 0.336 e. The molecule has 0 bridgehead atoms. The molecule has 1 saturated heterocycles. The topological polar surface area (TPSA) is 66.7 Å². The van der Waals surface area contributed by atoms with Crippen LogP contribution in [0.5, 0.6) is 0 Å². The SMILES string of the molecule is Cc1cccn2c(=O)c(C(=O)N3CCNCC3)cnc12. The maximum absolute atomic E-state index is 12.4. The number of nitrogens with zero attached hydrogens (tertiary/aromatic N) is 3. The number of piperazine rings is 1. The van der Waals surface area contributed by atoms with Crippen LogP contribution < -0.4 is 10.9 Å². The highest BCUT2D eigenvalue weighted by molar-refractivity contribution is 5.93. The molecule has 0 aliphatic carbocycles. The first-order chi connectivity index (χ1) is 9.68. The molecule has 1 aliphatic rings. The smallest absolute Gasteiger partial charge is 0.270 e. The highest BCUT2D eigenvalue weighted by Gasteiger charge is 2.21. The van der Waals surface area contributed by atoms with E-state index in [4.69, 9.17) is 0 Å². The fraction of sp³-hybridized carbons (Fsp3) is 0.357. The Labute approximate surface area is 116 Å². The van der Waals surface area contributed by atoms with Crippen LogP contribution in [0, 0.1) is 6.92 Å². The standard InChI is InChI=1S/C14H16N4O2/c1-10-3-2-6-18-12(10)16-9-11(14(18)20)13(19)17-7-4-15-5-8-17/h2-3,6,9,15H,4-5,7-8H2,1H3.